The van der Waals surface area contributed by atoms with Crippen LogP contribution in [0.4, 0.5) is 11.4 Å². The molecule has 0 unspecified atom stereocenters. The topological polar surface area (TPSA) is 64.4 Å². The zero-order valence-electron chi connectivity index (χ0n) is 12.3. The number of para-hydroxylation sites is 1. The number of nitro benzene ring substituents is 1. The lowest BCUT2D eigenvalue weighted by Gasteiger charge is -2.11. The molecule has 0 fully saturated rings. The van der Waals surface area contributed by atoms with Crippen LogP contribution in [0.25, 0.3) is 0 Å². The maximum atomic E-state index is 11.3. The number of nitrogens with zero attached hydrogens (tertiary/aromatic N) is 1. The van der Waals surface area contributed by atoms with Crippen molar-refractivity contribution in [3.63, 3.8) is 0 Å². The van der Waals surface area contributed by atoms with Crippen molar-refractivity contribution in [2.24, 2.45) is 0 Å². The first-order chi connectivity index (χ1) is 10.0. The van der Waals surface area contributed by atoms with Crippen molar-refractivity contribution in [2.75, 3.05) is 11.9 Å². The molecule has 0 amide bonds. The first kappa shape index (κ1) is 14.8. The van der Waals surface area contributed by atoms with E-state index in [1.807, 2.05) is 39.0 Å². The number of hydrogen-bond acceptors (Lipinski definition) is 4. The molecule has 21 heavy (non-hydrogen) atoms. The van der Waals surface area contributed by atoms with Crippen molar-refractivity contribution >= 4 is 11.4 Å². The zero-order valence-corrected chi connectivity index (χ0v) is 12.3. The van der Waals surface area contributed by atoms with Gasteiger partial charge in [-0.2, -0.15) is 0 Å². The fourth-order valence-corrected chi connectivity index (χ4v) is 2.03. The van der Waals surface area contributed by atoms with Gasteiger partial charge in [-0.05, 0) is 56.2 Å². The highest BCUT2D eigenvalue weighted by Gasteiger charge is 2.21. The van der Waals surface area contributed by atoms with E-state index in [2.05, 4.69) is 5.32 Å². The van der Waals surface area contributed by atoms with Crippen molar-refractivity contribution in [2.45, 2.75) is 20.8 Å². The predicted molar refractivity (Wildman–Crippen MR) is 83.3 cm³/mol. The number of anilines is 1. The number of aryl methyl sites for hydroxylation is 2. The molecule has 0 atom stereocenters. The summed E-state index contributed by atoms with van der Waals surface area (Å²) >= 11 is 0. The van der Waals surface area contributed by atoms with Crippen molar-refractivity contribution in [1.29, 1.82) is 0 Å². The summed E-state index contributed by atoms with van der Waals surface area (Å²) < 4.78 is 5.71. The van der Waals surface area contributed by atoms with Gasteiger partial charge >= 0.3 is 5.69 Å². The third kappa shape index (κ3) is 3.31. The number of ether oxygens (including phenoxy) is 1. The summed E-state index contributed by atoms with van der Waals surface area (Å²) in [5, 5.41) is 14.3. The fourth-order valence-electron chi connectivity index (χ4n) is 2.03. The van der Waals surface area contributed by atoms with E-state index in [1.165, 1.54) is 0 Å². The molecule has 0 bridgehead atoms. The van der Waals surface area contributed by atoms with E-state index < -0.39 is 4.92 Å². The van der Waals surface area contributed by atoms with E-state index in [0.717, 1.165) is 11.1 Å². The van der Waals surface area contributed by atoms with Gasteiger partial charge in [0.05, 0.1) is 4.92 Å². The van der Waals surface area contributed by atoms with Gasteiger partial charge < -0.3 is 10.1 Å². The molecule has 2 aromatic carbocycles. The average molecular weight is 286 g/mol. The predicted octanol–water partition coefficient (Wildman–Crippen LogP) is 4.44. The fraction of sp³-hybridized carbons (Fsp3) is 0.250. The molecule has 0 aliphatic carbocycles. The van der Waals surface area contributed by atoms with Crippen LogP contribution in [-0.4, -0.2) is 11.5 Å². The first-order valence-corrected chi connectivity index (χ1v) is 6.79. The van der Waals surface area contributed by atoms with Gasteiger partial charge in [0.25, 0.3) is 0 Å². The molecule has 0 heterocycles. The SMILES string of the molecule is CCNc1cccc(Oc2ccc(C)c(C)c2)c1[N+](=O)[O-]. The summed E-state index contributed by atoms with van der Waals surface area (Å²) in [6.07, 6.45) is 0. The second-order valence-corrected chi connectivity index (χ2v) is 4.79. The molecule has 0 radical (unpaired) electrons. The summed E-state index contributed by atoms with van der Waals surface area (Å²) in [5.74, 6) is 0.830. The highest BCUT2D eigenvalue weighted by Crippen LogP contribution is 2.37. The van der Waals surface area contributed by atoms with Crippen LogP contribution in [0.1, 0.15) is 18.1 Å². The Morgan fingerprint density at radius 2 is 1.95 bits per heavy atom. The molecule has 0 spiro atoms. The molecule has 0 aliphatic rings. The van der Waals surface area contributed by atoms with E-state index in [-0.39, 0.29) is 11.4 Å². The average Bonchev–Trinajstić information content (AvgIpc) is 2.43. The van der Waals surface area contributed by atoms with E-state index in [0.29, 0.717) is 18.0 Å². The van der Waals surface area contributed by atoms with Crippen LogP contribution >= 0.6 is 0 Å². The van der Waals surface area contributed by atoms with Crippen molar-refractivity contribution in [3.8, 4) is 11.5 Å². The number of nitro groups is 1. The Morgan fingerprint density at radius 1 is 1.19 bits per heavy atom. The molecule has 2 rings (SSSR count). The van der Waals surface area contributed by atoms with Gasteiger partial charge in [-0.3, -0.25) is 10.1 Å². The Labute approximate surface area is 123 Å². The molecule has 0 aliphatic heterocycles. The largest absolute Gasteiger partial charge is 0.450 e. The highest BCUT2D eigenvalue weighted by atomic mass is 16.6. The maximum Gasteiger partial charge on any atom is 0.334 e. The minimum Gasteiger partial charge on any atom is -0.450 e. The quantitative estimate of drug-likeness (QED) is 0.652. The molecule has 0 aromatic heterocycles. The zero-order chi connectivity index (χ0) is 15.4. The van der Waals surface area contributed by atoms with Crippen LogP contribution in [0, 0.1) is 24.0 Å². The van der Waals surface area contributed by atoms with Gasteiger partial charge in [-0.25, -0.2) is 0 Å². The van der Waals surface area contributed by atoms with E-state index >= 15 is 0 Å². The lowest BCUT2D eigenvalue weighted by atomic mass is 10.1. The molecule has 2 aromatic rings. The van der Waals surface area contributed by atoms with Crippen molar-refractivity contribution in [1.82, 2.24) is 0 Å². The van der Waals surface area contributed by atoms with Gasteiger partial charge in [0, 0.05) is 6.54 Å². The van der Waals surface area contributed by atoms with Crippen LogP contribution < -0.4 is 10.1 Å². The lowest BCUT2D eigenvalue weighted by Crippen LogP contribution is -2.02. The Balaban J connectivity index is 2.41. The van der Waals surface area contributed by atoms with Crippen molar-refractivity contribution in [3.05, 3.63) is 57.6 Å². The van der Waals surface area contributed by atoms with Gasteiger partial charge in [-0.15, -0.1) is 0 Å². The molecular formula is C16H18N2O3. The van der Waals surface area contributed by atoms with Gasteiger partial charge in [0.1, 0.15) is 11.4 Å². The second kappa shape index (κ2) is 6.26. The monoisotopic (exact) mass is 286 g/mol. The van der Waals surface area contributed by atoms with Crippen LogP contribution in [0.3, 0.4) is 0 Å². The van der Waals surface area contributed by atoms with E-state index in [9.17, 15) is 10.1 Å². The summed E-state index contributed by atoms with van der Waals surface area (Å²) in [6, 6.07) is 10.6. The summed E-state index contributed by atoms with van der Waals surface area (Å²) in [4.78, 5) is 10.9. The summed E-state index contributed by atoms with van der Waals surface area (Å²) in [7, 11) is 0. The molecule has 110 valence electrons. The Bertz CT molecular complexity index is 669. The number of benzene rings is 2. The number of hydrogen-bond donors (Lipinski definition) is 1. The first-order valence-electron chi connectivity index (χ1n) is 6.79. The summed E-state index contributed by atoms with van der Waals surface area (Å²) in [6.45, 7) is 6.48. The van der Waals surface area contributed by atoms with Gasteiger partial charge in [0.2, 0.25) is 5.75 Å². The molecular weight excluding hydrogens is 268 g/mol. The molecule has 5 nitrogen and oxygen atoms in total. The van der Waals surface area contributed by atoms with Crippen LogP contribution in [0.2, 0.25) is 0 Å². The summed E-state index contributed by atoms with van der Waals surface area (Å²) in [5.41, 5.74) is 2.65. The Morgan fingerprint density at radius 3 is 2.57 bits per heavy atom. The van der Waals surface area contributed by atoms with Crippen LogP contribution in [0.5, 0.6) is 11.5 Å². The standard InChI is InChI=1S/C16H18N2O3/c1-4-17-14-6-5-7-15(16(14)18(19)20)21-13-9-8-11(2)12(3)10-13/h5-10,17H,4H2,1-3H3. The number of rotatable bonds is 5. The van der Waals surface area contributed by atoms with Crippen LogP contribution in [-0.2, 0) is 0 Å². The highest BCUT2D eigenvalue weighted by molar-refractivity contribution is 5.69. The third-order valence-electron chi connectivity index (χ3n) is 3.25. The van der Waals surface area contributed by atoms with E-state index in [4.69, 9.17) is 4.74 Å². The van der Waals surface area contributed by atoms with E-state index in [1.54, 1.807) is 18.2 Å². The van der Waals surface area contributed by atoms with Crippen molar-refractivity contribution < 1.29 is 9.66 Å². The lowest BCUT2D eigenvalue weighted by molar-refractivity contribution is -0.384. The number of nitrogens with one attached hydrogen (secondary N) is 1. The molecule has 0 saturated carbocycles. The smallest absolute Gasteiger partial charge is 0.334 e. The van der Waals surface area contributed by atoms with Gasteiger partial charge in [-0.1, -0.05) is 12.1 Å². The Kier molecular flexibility index (Phi) is 4.42. The minimum absolute atomic E-state index is 0.0439. The minimum atomic E-state index is -0.422. The van der Waals surface area contributed by atoms with Gasteiger partial charge in [0.15, 0.2) is 0 Å². The normalized spacial score (nSPS) is 10.2. The molecule has 5 heteroatoms. The molecule has 0 saturated heterocycles. The molecule has 1 N–H and O–H groups in total. The maximum absolute atomic E-state index is 11.3. The second-order valence-electron chi connectivity index (χ2n) is 4.79. The third-order valence-corrected chi connectivity index (χ3v) is 3.25. The van der Waals surface area contributed by atoms with Crippen LogP contribution in [0.15, 0.2) is 36.4 Å². The Hall–Kier alpha value is -2.56.